The third kappa shape index (κ3) is 3.36. The molecule has 2 heterocycles. The molecule has 2 rings (SSSR count). The SMILES string of the molecule is CC1CN(Cc2ccco2)C(=O)C(CCN)N(C)C1. The van der Waals surface area contributed by atoms with E-state index in [4.69, 9.17) is 10.2 Å². The summed E-state index contributed by atoms with van der Waals surface area (Å²) < 4.78 is 5.35. The smallest absolute Gasteiger partial charge is 0.240 e. The molecule has 0 aromatic carbocycles. The Balaban J connectivity index is 2.13. The summed E-state index contributed by atoms with van der Waals surface area (Å²) in [5.74, 6) is 1.44. The summed E-state index contributed by atoms with van der Waals surface area (Å²) in [5.41, 5.74) is 5.64. The Bertz CT molecular complexity index is 405. The van der Waals surface area contributed by atoms with Gasteiger partial charge in [0.2, 0.25) is 5.91 Å². The number of amides is 1. The second-order valence-corrected chi connectivity index (χ2v) is 5.44. The van der Waals surface area contributed by atoms with Gasteiger partial charge >= 0.3 is 0 Å². The van der Waals surface area contributed by atoms with E-state index in [0.29, 0.717) is 25.4 Å². The van der Waals surface area contributed by atoms with Crippen LogP contribution in [0.4, 0.5) is 0 Å². The number of nitrogens with zero attached hydrogens (tertiary/aromatic N) is 2. The van der Waals surface area contributed by atoms with Gasteiger partial charge in [0.25, 0.3) is 0 Å². The molecule has 1 aromatic heterocycles. The number of carbonyl (C=O) groups is 1. The summed E-state index contributed by atoms with van der Waals surface area (Å²) in [7, 11) is 2.01. The van der Waals surface area contributed by atoms with Gasteiger partial charge in [-0.1, -0.05) is 6.92 Å². The van der Waals surface area contributed by atoms with Crippen LogP contribution in [0.5, 0.6) is 0 Å². The molecule has 106 valence electrons. The van der Waals surface area contributed by atoms with Crippen molar-refractivity contribution in [3.05, 3.63) is 24.2 Å². The van der Waals surface area contributed by atoms with Gasteiger partial charge in [-0.05, 0) is 38.1 Å². The quantitative estimate of drug-likeness (QED) is 0.879. The van der Waals surface area contributed by atoms with Gasteiger partial charge in [-0.2, -0.15) is 0 Å². The van der Waals surface area contributed by atoms with E-state index in [1.807, 2.05) is 24.1 Å². The Kier molecular flexibility index (Phi) is 4.61. The van der Waals surface area contributed by atoms with Crippen LogP contribution in [0.15, 0.2) is 22.8 Å². The number of hydrogen-bond acceptors (Lipinski definition) is 4. The van der Waals surface area contributed by atoms with Gasteiger partial charge in [-0.25, -0.2) is 0 Å². The average Bonchev–Trinajstić information content (AvgIpc) is 2.83. The maximum Gasteiger partial charge on any atom is 0.240 e. The zero-order valence-corrected chi connectivity index (χ0v) is 11.7. The van der Waals surface area contributed by atoms with Gasteiger partial charge in [0.15, 0.2) is 0 Å². The molecular weight excluding hydrogens is 242 g/mol. The molecule has 2 N–H and O–H groups in total. The second-order valence-electron chi connectivity index (χ2n) is 5.44. The van der Waals surface area contributed by atoms with E-state index in [1.54, 1.807) is 6.26 Å². The average molecular weight is 265 g/mol. The van der Waals surface area contributed by atoms with Crippen molar-refractivity contribution in [1.82, 2.24) is 9.80 Å². The van der Waals surface area contributed by atoms with E-state index in [2.05, 4.69) is 11.8 Å². The summed E-state index contributed by atoms with van der Waals surface area (Å²) >= 11 is 0. The van der Waals surface area contributed by atoms with Crippen LogP contribution < -0.4 is 5.73 Å². The Labute approximate surface area is 114 Å². The third-order valence-corrected chi connectivity index (χ3v) is 3.63. The van der Waals surface area contributed by atoms with Crippen LogP contribution in [-0.2, 0) is 11.3 Å². The van der Waals surface area contributed by atoms with Crippen LogP contribution >= 0.6 is 0 Å². The fourth-order valence-corrected chi connectivity index (χ4v) is 2.78. The molecule has 0 radical (unpaired) electrons. The Morgan fingerprint density at radius 2 is 2.26 bits per heavy atom. The third-order valence-electron chi connectivity index (χ3n) is 3.63. The zero-order valence-electron chi connectivity index (χ0n) is 11.7. The zero-order chi connectivity index (χ0) is 13.8. The second kappa shape index (κ2) is 6.21. The van der Waals surface area contributed by atoms with Crippen molar-refractivity contribution in [3.63, 3.8) is 0 Å². The molecule has 1 saturated heterocycles. The lowest BCUT2D eigenvalue weighted by molar-refractivity contribution is -0.136. The number of rotatable bonds is 4. The van der Waals surface area contributed by atoms with Crippen LogP contribution in [0.25, 0.3) is 0 Å². The molecule has 5 heteroatoms. The van der Waals surface area contributed by atoms with Gasteiger partial charge in [-0.3, -0.25) is 9.69 Å². The summed E-state index contributed by atoms with van der Waals surface area (Å²) in [5, 5.41) is 0. The largest absolute Gasteiger partial charge is 0.467 e. The number of hydrogen-bond donors (Lipinski definition) is 1. The van der Waals surface area contributed by atoms with E-state index in [-0.39, 0.29) is 11.9 Å². The predicted octanol–water partition coefficient (Wildman–Crippen LogP) is 0.907. The van der Waals surface area contributed by atoms with Crippen molar-refractivity contribution in [2.24, 2.45) is 11.7 Å². The molecule has 19 heavy (non-hydrogen) atoms. The van der Waals surface area contributed by atoms with E-state index in [0.717, 1.165) is 18.8 Å². The molecule has 0 bridgehead atoms. The standard InChI is InChI=1S/C14H23N3O2/c1-11-8-16(2)13(5-6-15)14(18)17(9-11)10-12-4-3-7-19-12/h3-4,7,11,13H,5-6,8-10,15H2,1-2H3. The van der Waals surface area contributed by atoms with Crippen LogP contribution in [-0.4, -0.2) is 48.4 Å². The topological polar surface area (TPSA) is 62.7 Å². The Morgan fingerprint density at radius 1 is 1.47 bits per heavy atom. The van der Waals surface area contributed by atoms with Gasteiger partial charge in [0.1, 0.15) is 5.76 Å². The van der Waals surface area contributed by atoms with Crippen molar-refractivity contribution < 1.29 is 9.21 Å². The first-order valence-electron chi connectivity index (χ1n) is 6.83. The van der Waals surface area contributed by atoms with Gasteiger partial charge in [-0.15, -0.1) is 0 Å². The van der Waals surface area contributed by atoms with Crippen molar-refractivity contribution in [2.75, 3.05) is 26.7 Å². The molecule has 0 aliphatic carbocycles. The fourth-order valence-electron chi connectivity index (χ4n) is 2.78. The maximum absolute atomic E-state index is 12.6. The normalized spacial score (nSPS) is 25.6. The summed E-state index contributed by atoms with van der Waals surface area (Å²) in [6.45, 7) is 4.94. The Morgan fingerprint density at radius 3 is 2.89 bits per heavy atom. The minimum absolute atomic E-state index is 0.107. The highest BCUT2D eigenvalue weighted by Crippen LogP contribution is 2.18. The minimum Gasteiger partial charge on any atom is -0.467 e. The highest BCUT2D eigenvalue weighted by Gasteiger charge is 2.32. The number of likely N-dealkylation sites (N-methyl/N-ethyl adjacent to an activating group) is 1. The molecule has 1 amide bonds. The van der Waals surface area contributed by atoms with Gasteiger partial charge in [0, 0.05) is 13.1 Å². The van der Waals surface area contributed by atoms with E-state index in [1.165, 1.54) is 0 Å². The van der Waals surface area contributed by atoms with Crippen LogP contribution in [0, 0.1) is 5.92 Å². The molecule has 0 spiro atoms. The predicted molar refractivity (Wildman–Crippen MR) is 73.4 cm³/mol. The van der Waals surface area contributed by atoms with Crippen molar-refractivity contribution in [1.29, 1.82) is 0 Å². The molecule has 0 saturated carbocycles. The van der Waals surface area contributed by atoms with E-state index >= 15 is 0 Å². The number of nitrogens with two attached hydrogens (primary N) is 1. The van der Waals surface area contributed by atoms with Crippen LogP contribution in [0.2, 0.25) is 0 Å². The molecule has 1 aromatic rings. The van der Waals surface area contributed by atoms with Crippen molar-refractivity contribution >= 4 is 5.91 Å². The van der Waals surface area contributed by atoms with E-state index < -0.39 is 0 Å². The molecule has 2 unspecified atom stereocenters. The first-order valence-corrected chi connectivity index (χ1v) is 6.83. The number of furan rings is 1. The van der Waals surface area contributed by atoms with Crippen LogP contribution in [0.1, 0.15) is 19.1 Å². The lowest BCUT2D eigenvalue weighted by Gasteiger charge is -2.27. The summed E-state index contributed by atoms with van der Waals surface area (Å²) in [4.78, 5) is 16.6. The fraction of sp³-hybridized carbons (Fsp3) is 0.643. The molecule has 1 aliphatic heterocycles. The molecular formula is C14H23N3O2. The maximum atomic E-state index is 12.6. The number of carbonyl (C=O) groups excluding carboxylic acids is 1. The lowest BCUT2D eigenvalue weighted by Crippen LogP contribution is -2.45. The summed E-state index contributed by atoms with van der Waals surface area (Å²) in [6, 6.07) is 3.65. The first-order chi connectivity index (χ1) is 9.11. The highest BCUT2D eigenvalue weighted by atomic mass is 16.3. The first kappa shape index (κ1) is 14.1. The molecule has 5 nitrogen and oxygen atoms in total. The van der Waals surface area contributed by atoms with Gasteiger partial charge in [0.05, 0.1) is 18.8 Å². The van der Waals surface area contributed by atoms with Crippen molar-refractivity contribution in [3.8, 4) is 0 Å². The monoisotopic (exact) mass is 265 g/mol. The van der Waals surface area contributed by atoms with Crippen LogP contribution in [0.3, 0.4) is 0 Å². The summed E-state index contributed by atoms with van der Waals surface area (Å²) in [6.07, 6.45) is 2.35. The molecule has 1 fully saturated rings. The molecule has 2 atom stereocenters. The molecule has 1 aliphatic rings. The Hall–Kier alpha value is -1.33. The lowest BCUT2D eigenvalue weighted by atomic mass is 10.1. The van der Waals surface area contributed by atoms with Gasteiger partial charge < -0.3 is 15.1 Å². The van der Waals surface area contributed by atoms with E-state index in [9.17, 15) is 4.79 Å². The van der Waals surface area contributed by atoms with Crippen molar-refractivity contribution in [2.45, 2.75) is 25.9 Å². The highest BCUT2D eigenvalue weighted by molar-refractivity contribution is 5.82. The minimum atomic E-state index is -0.107.